The number of imide groups is 1. The number of aromatic carboxylic acids is 1. The second-order valence-electron chi connectivity index (χ2n) is 5.78. The zero-order valence-corrected chi connectivity index (χ0v) is 15.6. The summed E-state index contributed by atoms with van der Waals surface area (Å²) < 4.78 is 4.99. The molecule has 144 valence electrons. The van der Waals surface area contributed by atoms with Crippen molar-refractivity contribution in [3.05, 3.63) is 53.7 Å². The van der Waals surface area contributed by atoms with Crippen LogP contribution in [0.2, 0.25) is 0 Å². The molecule has 1 aromatic carbocycles. The number of carbonyl (C=O) groups is 4. The van der Waals surface area contributed by atoms with Crippen LogP contribution in [-0.2, 0) is 14.3 Å². The monoisotopic (exact) mass is 400 g/mol. The lowest BCUT2D eigenvalue weighted by molar-refractivity contribution is -0.121. The molecule has 8 nitrogen and oxygen atoms in total. The number of carbonyl (C=O) groups excluding carboxylic acids is 3. The maximum Gasteiger partial charge on any atom is 0.340 e. The molecule has 1 aromatic heterocycles. The lowest BCUT2D eigenvalue weighted by atomic mass is 10.1. The molecule has 1 aliphatic heterocycles. The van der Waals surface area contributed by atoms with Crippen molar-refractivity contribution in [2.75, 3.05) is 11.5 Å². The largest absolute Gasteiger partial charge is 0.478 e. The number of pyridine rings is 1. The molecule has 1 N–H and O–H groups in total. The number of thioether (sulfide) groups is 1. The molecule has 2 amide bonds. The Morgan fingerprint density at radius 1 is 1.21 bits per heavy atom. The lowest BCUT2D eigenvalue weighted by Gasteiger charge is -2.18. The zero-order valence-electron chi connectivity index (χ0n) is 14.8. The number of esters is 1. The van der Waals surface area contributed by atoms with Gasteiger partial charge in [-0.1, -0.05) is 23.9 Å². The molecule has 0 saturated carbocycles. The summed E-state index contributed by atoms with van der Waals surface area (Å²) in [5.41, 5.74) is 0.220. The first-order valence-electron chi connectivity index (χ1n) is 8.42. The van der Waals surface area contributed by atoms with E-state index in [0.29, 0.717) is 0 Å². The van der Waals surface area contributed by atoms with Crippen LogP contribution in [0, 0.1) is 0 Å². The molecule has 0 aliphatic carbocycles. The van der Waals surface area contributed by atoms with Crippen molar-refractivity contribution in [1.82, 2.24) is 4.98 Å². The van der Waals surface area contributed by atoms with Gasteiger partial charge in [-0.3, -0.25) is 9.59 Å². The predicted molar refractivity (Wildman–Crippen MR) is 100 cm³/mol. The van der Waals surface area contributed by atoms with Gasteiger partial charge >= 0.3 is 11.9 Å². The summed E-state index contributed by atoms with van der Waals surface area (Å²) in [6.45, 7) is 1.82. The third-order valence-corrected chi connectivity index (χ3v) is 5.20. The minimum absolute atomic E-state index is 0.0434. The van der Waals surface area contributed by atoms with Crippen molar-refractivity contribution in [2.24, 2.45) is 0 Å². The van der Waals surface area contributed by atoms with Gasteiger partial charge in [0.05, 0.1) is 28.7 Å². The number of hydrogen-bond donors (Lipinski definition) is 1. The van der Waals surface area contributed by atoms with E-state index < -0.39 is 29.0 Å². The molecule has 9 heteroatoms. The van der Waals surface area contributed by atoms with Crippen molar-refractivity contribution < 1.29 is 29.0 Å². The van der Waals surface area contributed by atoms with Crippen LogP contribution in [-0.4, -0.2) is 45.7 Å². The minimum atomic E-state index is -1.17. The van der Waals surface area contributed by atoms with Crippen LogP contribution in [0.5, 0.6) is 0 Å². The number of hydrogen-bond acceptors (Lipinski definition) is 7. The lowest BCUT2D eigenvalue weighted by Crippen LogP contribution is -2.32. The van der Waals surface area contributed by atoms with Crippen LogP contribution in [0.4, 0.5) is 5.69 Å². The van der Waals surface area contributed by atoms with Crippen LogP contribution in [0.1, 0.15) is 34.1 Å². The summed E-state index contributed by atoms with van der Waals surface area (Å²) >= 11 is 0.921. The van der Waals surface area contributed by atoms with Gasteiger partial charge in [0.25, 0.3) is 0 Å². The van der Waals surface area contributed by atoms with Crippen molar-refractivity contribution >= 4 is 41.2 Å². The molecule has 0 spiro atoms. The van der Waals surface area contributed by atoms with Crippen molar-refractivity contribution in [2.45, 2.75) is 23.6 Å². The highest BCUT2D eigenvalue weighted by atomic mass is 32.2. The van der Waals surface area contributed by atoms with Crippen LogP contribution in [0.3, 0.4) is 0 Å². The number of para-hydroxylation sites is 1. The van der Waals surface area contributed by atoms with Crippen LogP contribution < -0.4 is 4.90 Å². The molecule has 0 unspecified atom stereocenters. The second kappa shape index (κ2) is 8.22. The van der Waals surface area contributed by atoms with E-state index in [2.05, 4.69) is 4.98 Å². The van der Waals surface area contributed by atoms with Gasteiger partial charge in [0.1, 0.15) is 5.03 Å². The number of aromatic nitrogens is 1. The third kappa shape index (κ3) is 3.74. The Hall–Kier alpha value is -3.20. The molecule has 0 radical (unpaired) electrons. The van der Waals surface area contributed by atoms with E-state index in [0.717, 1.165) is 16.7 Å². The van der Waals surface area contributed by atoms with Crippen LogP contribution >= 0.6 is 11.8 Å². The molecule has 2 heterocycles. The van der Waals surface area contributed by atoms with Crippen LogP contribution in [0.15, 0.2) is 47.6 Å². The van der Waals surface area contributed by atoms with Gasteiger partial charge in [-0.2, -0.15) is 0 Å². The standard InChI is InChI=1S/C19H16N2O6S/c1-2-27-19(26)11-6-3-4-8-13(11)21-15(22)10-14(17(21)23)28-16-12(18(24)25)7-5-9-20-16/h3-9,14H,2,10H2,1H3,(H,24,25)/t14-/m0/s1. The smallest absolute Gasteiger partial charge is 0.340 e. The molecular formula is C19H16N2O6S. The molecular weight excluding hydrogens is 384 g/mol. The van der Waals surface area contributed by atoms with Gasteiger partial charge < -0.3 is 9.84 Å². The number of nitrogens with zero attached hydrogens (tertiary/aromatic N) is 2. The van der Waals surface area contributed by atoms with E-state index in [1.807, 2.05) is 0 Å². The van der Waals surface area contributed by atoms with E-state index >= 15 is 0 Å². The summed E-state index contributed by atoms with van der Waals surface area (Å²) in [7, 11) is 0. The summed E-state index contributed by atoms with van der Waals surface area (Å²) in [6.07, 6.45) is 1.29. The van der Waals surface area contributed by atoms with Gasteiger partial charge in [0, 0.05) is 12.6 Å². The Morgan fingerprint density at radius 2 is 1.93 bits per heavy atom. The maximum atomic E-state index is 12.9. The minimum Gasteiger partial charge on any atom is -0.478 e. The van der Waals surface area contributed by atoms with E-state index in [1.54, 1.807) is 19.1 Å². The van der Waals surface area contributed by atoms with Gasteiger partial charge in [0.15, 0.2) is 0 Å². The van der Waals surface area contributed by atoms with E-state index in [-0.39, 0.29) is 34.9 Å². The topological polar surface area (TPSA) is 114 Å². The molecule has 1 atom stereocenters. The Labute approximate surface area is 164 Å². The van der Waals surface area contributed by atoms with Gasteiger partial charge in [-0.05, 0) is 31.2 Å². The van der Waals surface area contributed by atoms with E-state index in [9.17, 15) is 24.3 Å². The van der Waals surface area contributed by atoms with Gasteiger partial charge in [-0.15, -0.1) is 0 Å². The highest BCUT2D eigenvalue weighted by Crippen LogP contribution is 2.35. The summed E-state index contributed by atoms with van der Waals surface area (Å²) in [5.74, 6) is -2.81. The average molecular weight is 400 g/mol. The first kappa shape index (κ1) is 19.6. The van der Waals surface area contributed by atoms with E-state index in [1.165, 1.54) is 30.5 Å². The summed E-state index contributed by atoms with van der Waals surface area (Å²) in [6, 6.07) is 9.07. The Balaban J connectivity index is 1.90. The predicted octanol–water partition coefficient (Wildman–Crippen LogP) is 2.38. The number of benzene rings is 1. The first-order valence-corrected chi connectivity index (χ1v) is 9.30. The Morgan fingerprint density at radius 3 is 2.64 bits per heavy atom. The number of carboxylic acids is 1. The normalized spacial score (nSPS) is 16.3. The molecule has 3 rings (SSSR count). The van der Waals surface area contributed by atoms with Crippen molar-refractivity contribution in [3.8, 4) is 0 Å². The maximum absolute atomic E-state index is 12.9. The Kier molecular flexibility index (Phi) is 5.74. The number of amides is 2. The molecule has 1 fully saturated rings. The molecule has 2 aromatic rings. The Bertz CT molecular complexity index is 961. The van der Waals surface area contributed by atoms with E-state index in [4.69, 9.17) is 4.74 Å². The van der Waals surface area contributed by atoms with Crippen LogP contribution in [0.25, 0.3) is 0 Å². The first-order chi connectivity index (χ1) is 13.4. The highest BCUT2D eigenvalue weighted by Gasteiger charge is 2.42. The quantitative estimate of drug-likeness (QED) is 0.581. The molecule has 28 heavy (non-hydrogen) atoms. The number of rotatable bonds is 6. The number of anilines is 1. The summed E-state index contributed by atoms with van der Waals surface area (Å²) in [5, 5.41) is 8.59. The van der Waals surface area contributed by atoms with Gasteiger partial charge in [-0.25, -0.2) is 19.5 Å². The van der Waals surface area contributed by atoms with Crippen molar-refractivity contribution in [1.29, 1.82) is 0 Å². The van der Waals surface area contributed by atoms with Gasteiger partial charge in [0.2, 0.25) is 11.8 Å². The SMILES string of the molecule is CCOC(=O)c1ccccc1N1C(=O)C[C@H](Sc2ncccc2C(=O)O)C1=O. The average Bonchev–Trinajstić information content (AvgIpc) is 2.95. The number of ether oxygens (including phenoxy) is 1. The molecule has 0 bridgehead atoms. The molecule has 1 aliphatic rings. The second-order valence-corrected chi connectivity index (χ2v) is 6.97. The third-order valence-electron chi connectivity index (χ3n) is 4.00. The fraction of sp³-hybridized carbons (Fsp3) is 0.211. The fourth-order valence-electron chi connectivity index (χ4n) is 2.78. The molecule has 1 saturated heterocycles. The number of carboxylic acid groups (broad SMARTS) is 1. The van der Waals surface area contributed by atoms with Crippen molar-refractivity contribution in [3.63, 3.8) is 0 Å². The fourth-order valence-corrected chi connectivity index (χ4v) is 3.89. The summed E-state index contributed by atoms with van der Waals surface area (Å²) in [4.78, 5) is 53.9. The zero-order chi connectivity index (χ0) is 20.3. The highest BCUT2D eigenvalue weighted by molar-refractivity contribution is 8.00.